The van der Waals surface area contributed by atoms with Crippen molar-refractivity contribution in [2.45, 2.75) is 119 Å². The Balaban J connectivity index is 1.45. The van der Waals surface area contributed by atoms with E-state index in [1.54, 1.807) is 32.1 Å². The summed E-state index contributed by atoms with van der Waals surface area (Å²) in [6.07, 6.45) is -23.4. The van der Waals surface area contributed by atoms with Gasteiger partial charge >= 0.3 is 0 Å². The lowest BCUT2D eigenvalue weighted by Gasteiger charge is -2.45. The Kier molecular flexibility index (Phi) is 13.9. The van der Waals surface area contributed by atoms with Gasteiger partial charge in [0.15, 0.2) is 12.1 Å². The molecule has 59 heavy (non-hydrogen) atoms. The van der Waals surface area contributed by atoms with E-state index in [1.165, 1.54) is 26.2 Å². The van der Waals surface area contributed by atoms with Crippen LogP contribution in [-0.4, -0.2) is 169 Å². The van der Waals surface area contributed by atoms with Gasteiger partial charge in [0.2, 0.25) is 23.8 Å². The first-order valence-electron chi connectivity index (χ1n) is 18.8. The molecule has 2 aromatic carbocycles. The molecule has 4 heterocycles. The van der Waals surface area contributed by atoms with Gasteiger partial charge in [-0.25, -0.2) is 0 Å². The number of methoxy groups -OCH3 is 1. The number of aromatic hydroxyl groups is 1. The fourth-order valence-corrected chi connectivity index (χ4v) is 7.00. The third kappa shape index (κ3) is 8.79. The predicted molar refractivity (Wildman–Crippen MR) is 199 cm³/mol. The summed E-state index contributed by atoms with van der Waals surface area (Å²) in [5, 5.41) is 116. The molecule has 15 atom stereocenters. The Hall–Kier alpha value is -3.97. The number of aliphatic hydroxyl groups is 10. The van der Waals surface area contributed by atoms with E-state index in [2.05, 4.69) is 0 Å². The highest BCUT2D eigenvalue weighted by Gasteiger charge is 2.51. The minimum absolute atomic E-state index is 0.00783. The maximum Gasteiger partial charge on any atom is 0.239 e. The number of hydrogen-bond acceptors (Lipinski definition) is 20. The SMILES string of the molecule is COc1ccc(-c2oc3c(CC=C(C)C)c(O[C@@H]4O[C@H](CO)[C@@H](O)[C@H](O)[C@H]4O)cc(O)c3c(=O)c2O[C@@H]2O[C@H](C)[C@H](O)[C@H](O[C@H]3O[C@@H](CO)[C@@H](O)[C@@H](O)[C@@H]3O)[C@H]2O)cc1. The Morgan fingerprint density at radius 2 is 1.32 bits per heavy atom. The zero-order valence-electron chi connectivity index (χ0n) is 32.3. The second-order valence-corrected chi connectivity index (χ2v) is 14.8. The number of fused-ring (bicyclic) bond motifs is 1. The van der Waals surface area contributed by atoms with Gasteiger partial charge in [0.25, 0.3) is 0 Å². The second kappa shape index (κ2) is 18.3. The van der Waals surface area contributed by atoms with Crippen molar-refractivity contribution in [1.82, 2.24) is 0 Å². The topological polar surface area (TPSA) is 317 Å². The van der Waals surface area contributed by atoms with E-state index in [-0.39, 0.29) is 34.6 Å². The molecule has 3 aromatic rings. The third-order valence-electron chi connectivity index (χ3n) is 10.5. The molecule has 3 aliphatic heterocycles. The van der Waals surface area contributed by atoms with E-state index in [0.717, 1.165) is 11.6 Å². The van der Waals surface area contributed by atoms with E-state index in [1.807, 2.05) is 0 Å². The van der Waals surface area contributed by atoms with Crippen molar-refractivity contribution in [3.8, 4) is 34.3 Å². The molecule has 3 fully saturated rings. The van der Waals surface area contributed by atoms with E-state index in [0.29, 0.717) is 5.75 Å². The standard InChI is InChI=1S/C39H50O20/c1-14(2)5-10-18-20(54-37-30(49)28(47)25(44)21(12-40)55-37)11-19(42)23-27(46)36(33(57-34(18)23)16-6-8-17(52-4)9-7-16)59-39-32(51)35(24(43)15(3)53-39)58-38-31(50)29(48)26(45)22(13-41)56-38/h5-9,11,15,21-22,24-26,28-32,35,37-45,47-51H,10,12-13H2,1-4H3/t15-,21-,22+,24+,25-,26-,28+,29-,30-,31+,32-,35+,37-,38-,39+/m1/s1. The van der Waals surface area contributed by atoms with Gasteiger partial charge in [-0.1, -0.05) is 11.6 Å². The molecule has 0 aliphatic carbocycles. The maximum atomic E-state index is 14.6. The van der Waals surface area contributed by atoms with Crippen molar-refractivity contribution >= 4 is 11.0 Å². The normalized spacial score (nSPS) is 35.0. The number of rotatable bonds is 12. The lowest BCUT2D eigenvalue weighted by atomic mass is 9.97. The van der Waals surface area contributed by atoms with Crippen LogP contribution in [0.5, 0.6) is 23.0 Å². The lowest BCUT2D eigenvalue weighted by Crippen LogP contribution is -2.64. The van der Waals surface area contributed by atoms with Crippen LogP contribution in [0.4, 0.5) is 0 Å². The van der Waals surface area contributed by atoms with E-state index in [4.69, 9.17) is 37.6 Å². The van der Waals surface area contributed by atoms with Gasteiger partial charge < -0.3 is 93.7 Å². The highest BCUT2D eigenvalue weighted by Crippen LogP contribution is 2.42. The van der Waals surface area contributed by atoms with Gasteiger partial charge in [0.05, 0.1) is 26.4 Å². The van der Waals surface area contributed by atoms with Crippen molar-refractivity contribution < 1.29 is 93.7 Å². The summed E-state index contributed by atoms with van der Waals surface area (Å²) in [6, 6.07) is 7.20. The minimum atomic E-state index is -1.96. The van der Waals surface area contributed by atoms with Crippen LogP contribution >= 0.6 is 0 Å². The summed E-state index contributed by atoms with van der Waals surface area (Å²) < 4.78 is 46.2. The predicted octanol–water partition coefficient (Wildman–Crippen LogP) is -2.11. The highest BCUT2D eigenvalue weighted by atomic mass is 16.7. The summed E-state index contributed by atoms with van der Waals surface area (Å²) in [5.74, 6) is -1.30. The molecule has 0 unspecified atom stereocenters. The molecule has 0 saturated carbocycles. The number of allylic oxidation sites excluding steroid dienone is 2. The average molecular weight is 839 g/mol. The maximum absolute atomic E-state index is 14.6. The van der Waals surface area contributed by atoms with Crippen LogP contribution in [0.15, 0.2) is 51.2 Å². The quantitative estimate of drug-likeness (QED) is 0.0870. The van der Waals surface area contributed by atoms with Gasteiger partial charge in [-0.15, -0.1) is 0 Å². The molecule has 326 valence electrons. The molecule has 1 aromatic heterocycles. The number of benzene rings is 2. The first kappa shape index (κ1) is 44.6. The summed E-state index contributed by atoms with van der Waals surface area (Å²) >= 11 is 0. The molecule has 20 nitrogen and oxygen atoms in total. The Labute approximate surface area is 336 Å². The molecule has 3 saturated heterocycles. The van der Waals surface area contributed by atoms with Crippen molar-refractivity contribution in [2.75, 3.05) is 20.3 Å². The smallest absolute Gasteiger partial charge is 0.239 e. The largest absolute Gasteiger partial charge is 0.507 e. The zero-order chi connectivity index (χ0) is 43.0. The fraction of sp³-hybridized carbons (Fsp3) is 0.564. The first-order chi connectivity index (χ1) is 28.0. The molecule has 0 amide bonds. The third-order valence-corrected chi connectivity index (χ3v) is 10.5. The second-order valence-electron chi connectivity index (χ2n) is 14.8. The average Bonchev–Trinajstić information content (AvgIpc) is 3.21. The molecule has 11 N–H and O–H groups in total. The molecular weight excluding hydrogens is 788 g/mol. The fourth-order valence-electron chi connectivity index (χ4n) is 7.00. The van der Waals surface area contributed by atoms with Crippen LogP contribution in [0.3, 0.4) is 0 Å². The monoisotopic (exact) mass is 838 g/mol. The van der Waals surface area contributed by atoms with Gasteiger partial charge in [0, 0.05) is 17.2 Å². The van der Waals surface area contributed by atoms with Gasteiger partial charge in [0.1, 0.15) is 95.4 Å². The molecular formula is C39H50O20. The summed E-state index contributed by atoms with van der Waals surface area (Å²) in [4.78, 5) is 14.6. The minimum Gasteiger partial charge on any atom is -0.507 e. The molecule has 0 radical (unpaired) electrons. The summed E-state index contributed by atoms with van der Waals surface area (Å²) in [6.45, 7) is 3.48. The van der Waals surface area contributed by atoms with E-state index < -0.39 is 128 Å². The van der Waals surface area contributed by atoms with Crippen LogP contribution in [0.1, 0.15) is 26.3 Å². The van der Waals surface area contributed by atoms with Crippen LogP contribution < -0.4 is 19.6 Å². The summed E-state index contributed by atoms with van der Waals surface area (Å²) in [7, 11) is 1.44. The van der Waals surface area contributed by atoms with Gasteiger partial charge in [-0.2, -0.15) is 0 Å². The van der Waals surface area contributed by atoms with E-state index >= 15 is 0 Å². The van der Waals surface area contributed by atoms with Crippen molar-refractivity contribution in [3.05, 3.63) is 57.8 Å². The first-order valence-corrected chi connectivity index (χ1v) is 18.8. The number of aliphatic hydroxyl groups excluding tert-OH is 10. The van der Waals surface area contributed by atoms with Crippen LogP contribution in [0.2, 0.25) is 0 Å². The Bertz CT molecular complexity index is 1990. The van der Waals surface area contributed by atoms with Crippen LogP contribution in [0, 0.1) is 0 Å². The van der Waals surface area contributed by atoms with Crippen molar-refractivity contribution in [2.24, 2.45) is 0 Å². The van der Waals surface area contributed by atoms with E-state index in [9.17, 15) is 61.0 Å². The van der Waals surface area contributed by atoms with Crippen LogP contribution in [0.25, 0.3) is 22.3 Å². The van der Waals surface area contributed by atoms with Crippen molar-refractivity contribution in [3.63, 3.8) is 0 Å². The van der Waals surface area contributed by atoms with Gasteiger partial charge in [-0.3, -0.25) is 4.79 Å². The van der Waals surface area contributed by atoms with Crippen LogP contribution in [-0.2, 0) is 25.4 Å². The molecule has 6 rings (SSSR count). The number of phenols is 1. The zero-order valence-corrected chi connectivity index (χ0v) is 32.3. The molecule has 0 spiro atoms. The Morgan fingerprint density at radius 3 is 1.90 bits per heavy atom. The highest BCUT2D eigenvalue weighted by molar-refractivity contribution is 5.91. The molecule has 3 aliphatic rings. The summed E-state index contributed by atoms with van der Waals surface area (Å²) in [5.41, 5.74) is -0.00688. The molecule has 20 heteroatoms. The van der Waals surface area contributed by atoms with Crippen molar-refractivity contribution in [1.29, 1.82) is 0 Å². The molecule has 0 bridgehead atoms. The number of ether oxygens (including phenoxy) is 7. The lowest BCUT2D eigenvalue weighted by molar-refractivity contribution is -0.350. The Morgan fingerprint density at radius 1 is 0.746 bits per heavy atom. The number of phenolic OH excluding ortho intramolecular Hbond substituents is 1. The number of hydrogen-bond donors (Lipinski definition) is 11. The van der Waals surface area contributed by atoms with Gasteiger partial charge in [-0.05, 0) is 51.5 Å².